The molecule has 1 N–H and O–H groups in total. The molecule has 0 heterocycles. The van der Waals surface area contributed by atoms with E-state index >= 15 is 0 Å². The normalized spacial score (nSPS) is 12.6. The molecule has 0 spiro atoms. The molecule has 0 radical (unpaired) electrons. The Balaban J connectivity index is 2.85. The number of aliphatic carboxylic acids is 1. The van der Waals surface area contributed by atoms with Crippen LogP contribution in [0.1, 0.15) is 31.4 Å². The van der Waals surface area contributed by atoms with Crippen LogP contribution in [0.2, 0.25) is 0 Å². The Morgan fingerprint density at radius 3 is 2.79 bits per heavy atom. The highest BCUT2D eigenvalue weighted by Gasteiger charge is 2.04. The van der Waals surface area contributed by atoms with Gasteiger partial charge in [0, 0.05) is 11.6 Å². The molecule has 4 nitrogen and oxygen atoms in total. The first-order chi connectivity index (χ1) is 9.06. The minimum absolute atomic E-state index is 0.208. The highest BCUT2D eigenvalue weighted by Crippen LogP contribution is 2.22. The van der Waals surface area contributed by atoms with E-state index in [4.69, 9.17) is 14.6 Å². The molecule has 0 saturated heterocycles. The van der Waals surface area contributed by atoms with Crippen LogP contribution in [0.4, 0.5) is 0 Å². The fourth-order valence-corrected chi connectivity index (χ4v) is 1.52. The summed E-state index contributed by atoms with van der Waals surface area (Å²) >= 11 is 0. The Morgan fingerprint density at radius 2 is 2.21 bits per heavy atom. The molecule has 0 bridgehead atoms. The van der Waals surface area contributed by atoms with Gasteiger partial charge in [-0.1, -0.05) is 13.0 Å². The number of carbonyl (C=O) groups is 1. The first-order valence-corrected chi connectivity index (χ1v) is 6.26. The van der Waals surface area contributed by atoms with Crippen molar-refractivity contribution in [3.05, 3.63) is 35.4 Å². The zero-order chi connectivity index (χ0) is 14.3. The summed E-state index contributed by atoms with van der Waals surface area (Å²) in [5.41, 5.74) is 1.72. The summed E-state index contributed by atoms with van der Waals surface area (Å²) in [5.74, 6) is -0.340. The van der Waals surface area contributed by atoms with Gasteiger partial charge in [-0.2, -0.15) is 0 Å². The molecule has 0 aromatic heterocycles. The van der Waals surface area contributed by atoms with E-state index in [2.05, 4.69) is 6.92 Å². The first-order valence-electron chi connectivity index (χ1n) is 6.26. The van der Waals surface area contributed by atoms with Gasteiger partial charge in [0.1, 0.15) is 5.75 Å². The molecule has 0 aliphatic rings. The molecule has 1 unspecified atom stereocenters. The molecule has 104 valence electrons. The Labute approximate surface area is 113 Å². The molecule has 0 fully saturated rings. The van der Waals surface area contributed by atoms with Crippen molar-refractivity contribution < 1.29 is 19.4 Å². The molecule has 19 heavy (non-hydrogen) atoms. The second-order valence-corrected chi connectivity index (χ2v) is 4.28. The second-order valence-electron chi connectivity index (χ2n) is 4.28. The van der Waals surface area contributed by atoms with Crippen LogP contribution < -0.4 is 4.74 Å². The quantitative estimate of drug-likeness (QED) is 0.769. The van der Waals surface area contributed by atoms with E-state index < -0.39 is 5.97 Å². The molecule has 1 aromatic rings. The van der Waals surface area contributed by atoms with Crippen LogP contribution in [0.5, 0.6) is 5.75 Å². The third kappa shape index (κ3) is 5.14. The summed E-state index contributed by atoms with van der Waals surface area (Å²) in [6.45, 7) is 4.60. The Bertz CT molecular complexity index is 451. The largest absolute Gasteiger partial charge is 0.496 e. The number of ether oxygens (including phenoxy) is 2. The number of hydrogen-bond acceptors (Lipinski definition) is 3. The Hall–Kier alpha value is -1.81. The monoisotopic (exact) mass is 264 g/mol. The second kappa shape index (κ2) is 7.59. The molecule has 0 amide bonds. The number of benzene rings is 1. The standard InChI is InChI=1S/C15H20O4/c1-4-11(2)19-10-12-5-7-14(18-3)13(9-12)6-8-15(16)17/h5-9,11H,4,10H2,1-3H3,(H,16,17). The number of carboxylic acids is 1. The maximum atomic E-state index is 10.6. The summed E-state index contributed by atoms with van der Waals surface area (Å²) in [6.07, 6.45) is 3.78. The molecule has 0 saturated carbocycles. The van der Waals surface area contributed by atoms with E-state index in [1.807, 2.05) is 25.1 Å². The number of methoxy groups -OCH3 is 1. The van der Waals surface area contributed by atoms with Gasteiger partial charge in [-0.25, -0.2) is 4.79 Å². The molecule has 1 rings (SSSR count). The van der Waals surface area contributed by atoms with E-state index in [0.29, 0.717) is 12.4 Å². The van der Waals surface area contributed by atoms with Gasteiger partial charge in [-0.3, -0.25) is 0 Å². The lowest BCUT2D eigenvalue weighted by Gasteiger charge is -2.12. The average Bonchev–Trinajstić information content (AvgIpc) is 2.42. The Morgan fingerprint density at radius 1 is 1.47 bits per heavy atom. The van der Waals surface area contributed by atoms with Crippen molar-refractivity contribution in [2.24, 2.45) is 0 Å². The third-order valence-electron chi connectivity index (χ3n) is 2.81. The maximum Gasteiger partial charge on any atom is 0.328 e. The predicted octanol–water partition coefficient (Wildman–Crippen LogP) is 3.11. The van der Waals surface area contributed by atoms with Gasteiger partial charge < -0.3 is 14.6 Å². The van der Waals surface area contributed by atoms with E-state index in [9.17, 15) is 4.79 Å². The van der Waals surface area contributed by atoms with Gasteiger partial charge >= 0.3 is 5.97 Å². The zero-order valence-corrected chi connectivity index (χ0v) is 11.6. The van der Waals surface area contributed by atoms with Crippen LogP contribution in [0, 0.1) is 0 Å². The zero-order valence-electron chi connectivity index (χ0n) is 11.6. The van der Waals surface area contributed by atoms with E-state index in [1.165, 1.54) is 6.08 Å². The molecular weight excluding hydrogens is 244 g/mol. The highest BCUT2D eigenvalue weighted by atomic mass is 16.5. The van der Waals surface area contributed by atoms with E-state index in [0.717, 1.165) is 23.6 Å². The van der Waals surface area contributed by atoms with Gasteiger partial charge in [0.15, 0.2) is 0 Å². The topological polar surface area (TPSA) is 55.8 Å². The van der Waals surface area contributed by atoms with Crippen LogP contribution >= 0.6 is 0 Å². The minimum Gasteiger partial charge on any atom is -0.496 e. The highest BCUT2D eigenvalue weighted by molar-refractivity contribution is 5.85. The lowest BCUT2D eigenvalue weighted by atomic mass is 10.1. The van der Waals surface area contributed by atoms with Crippen molar-refractivity contribution in [3.8, 4) is 5.75 Å². The predicted molar refractivity (Wildman–Crippen MR) is 74.2 cm³/mol. The molecule has 1 atom stereocenters. The number of hydrogen-bond donors (Lipinski definition) is 1. The lowest BCUT2D eigenvalue weighted by molar-refractivity contribution is -0.131. The summed E-state index contributed by atoms with van der Waals surface area (Å²) in [4.78, 5) is 10.6. The average molecular weight is 264 g/mol. The van der Waals surface area contributed by atoms with Crippen molar-refractivity contribution in [1.82, 2.24) is 0 Å². The van der Waals surface area contributed by atoms with Crippen molar-refractivity contribution in [2.75, 3.05) is 7.11 Å². The van der Waals surface area contributed by atoms with Crippen molar-refractivity contribution in [3.63, 3.8) is 0 Å². The van der Waals surface area contributed by atoms with Gasteiger partial charge in [0.2, 0.25) is 0 Å². The SMILES string of the molecule is CCC(C)OCc1ccc(OC)c(C=CC(=O)O)c1. The summed E-state index contributed by atoms with van der Waals surface area (Å²) in [5, 5.41) is 8.66. The smallest absolute Gasteiger partial charge is 0.328 e. The minimum atomic E-state index is -0.983. The summed E-state index contributed by atoms with van der Waals surface area (Å²) in [7, 11) is 1.56. The van der Waals surface area contributed by atoms with E-state index in [1.54, 1.807) is 7.11 Å². The van der Waals surface area contributed by atoms with Gasteiger partial charge in [0.05, 0.1) is 19.8 Å². The van der Waals surface area contributed by atoms with Gasteiger partial charge in [0.25, 0.3) is 0 Å². The van der Waals surface area contributed by atoms with Crippen LogP contribution in [-0.2, 0) is 16.1 Å². The van der Waals surface area contributed by atoms with Crippen molar-refractivity contribution in [2.45, 2.75) is 33.0 Å². The van der Waals surface area contributed by atoms with Crippen LogP contribution in [0.25, 0.3) is 6.08 Å². The van der Waals surface area contributed by atoms with Gasteiger partial charge in [-0.15, -0.1) is 0 Å². The third-order valence-corrected chi connectivity index (χ3v) is 2.81. The van der Waals surface area contributed by atoms with Gasteiger partial charge in [-0.05, 0) is 37.1 Å². The number of rotatable bonds is 7. The fraction of sp³-hybridized carbons (Fsp3) is 0.400. The van der Waals surface area contributed by atoms with Crippen LogP contribution in [-0.4, -0.2) is 24.3 Å². The Kier molecular flexibility index (Phi) is 6.09. The fourth-order valence-electron chi connectivity index (χ4n) is 1.52. The summed E-state index contributed by atoms with van der Waals surface area (Å²) < 4.78 is 10.8. The number of carboxylic acid groups (broad SMARTS) is 1. The maximum absolute atomic E-state index is 10.6. The first kappa shape index (κ1) is 15.2. The van der Waals surface area contributed by atoms with Crippen molar-refractivity contribution >= 4 is 12.0 Å². The van der Waals surface area contributed by atoms with E-state index in [-0.39, 0.29) is 6.10 Å². The molecule has 0 aliphatic heterocycles. The van der Waals surface area contributed by atoms with Crippen molar-refractivity contribution in [1.29, 1.82) is 0 Å². The molecule has 0 aliphatic carbocycles. The molecular formula is C15H20O4. The summed E-state index contributed by atoms with van der Waals surface area (Å²) in [6, 6.07) is 5.61. The molecule has 1 aromatic carbocycles. The lowest BCUT2D eigenvalue weighted by Crippen LogP contribution is -2.06. The van der Waals surface area contributed by atoms with Crippen LogP contribution in [0.15, 0.2) is 24.3 Å². The van der Waals surface area contributed by atoms with Crippen LogP contribution in [0.3, 0.4) is 0 Å². The molecule has 4 heteroatoms.